The van der Waals surface area contributed by atoms with Gasteiger partial charge in [-0.25, -0.2) is 4.98 Å². The molecule has 0 atom stereocenters. The van der Waals surface area contributed by atoms with E-state index in [1.54, 1.807) is 13.2 Å². The summed E-state index contributed by atoms with van der Waals surface area (Å²) in [5.41, 5.74) is 3.05. The summed E-state index contributed by atoms with van der Waals surface area (Å²) < 4.78 is 7.40. The van der Waals surface area contributed by atoms with Crippen LogP contribution in [-0.4, -0.2) is 21.8 Å². The lowest BCUT2D eigenvalue weighted by Gasteiger charge is -2.09. The predicted octanol–water partition coefficient (Wildman–Crippen LogP) is 3.83. The molecule has 0 aliphatic carbocycles. The van der Waals surface area contributed by atoms with Gasteiger partial charge in [0.25, 0.3) is 0 Å². The molecule has 108 valence electrons. The molecular weight excluding hydrogens is 264 g/mol. The average molecular weight is 282 g/mol. The van der Waals surface area contributed by atoms with Gasteiger partial charge in [-0.2, -0.15) is 0 Å². The second-order valence-electron chi connectivity index (χ2n) is 4.96. The monoisotopic (exact) mass is 282 g/mol. The number of phenolic OH excluding ortho intramolecular Hbond substituents is 1. The summed E-state index contributed by atoms with van der Waals surface area (Å²) >= 11 is 0. The first-order valence-corrected chi connectivity index (χ1v) is 7.07. The molecule has 0 spiro atoms. The van der Waals surface area contributed by atoms with Crippen LogP contribution < -0.4 is 4.74 Å². The Morgan fingerprint density at radius 1 is 1.19 bits per heavy atom. The highest BCUT2D eigenvalue weighted by Gasteiger charge is 2.13. The van der Waals surface area contributed by atoms with E-state index in [0.29, 0.717) is 5.75 Å². The van der Waals surface area contributed by atoms with Crippen molar-refractivity contribution in [2.45, 2.75) is 19.9 Å². The van der Waals surface area contributed by atoms with Gasteiger partial charge in [0.2, 0.25) is 0 Å². The SMILES string of the molecule is CCCn1c(-c2ccc(O)c(OC)c2)nc2ccccc21. The zero-order valence-electron chi connectivity index (χ0n) is 12.2. The highest BCUT2D eigenvalue weighted by Crippen LogP contribution is 2.32. The number of nitrogens with zero attached hydrogens (tertiary/aromatic N) is 2. The van der Waals surface area contributed by atoms with Crippen molar-refractivity contribution in [3.8, 4) is 22.9 Å². The maximum Gasteiger partial charge on any atom is 0.161 e. The quantitative estimate of drug-likeness (QED) is 0.791. The number of imidazole rings is 1. The van der Waals surface area contributed by atoms with E-state index >= 15 is 0 Å². The molecule has 0 bridgehead atoms. The van der Waals surface area contributed by atoms with Gasteiger partial charge < -0.3 is 14.4 Å². The van der Waals surface area contributed by atoms with Gasteiger partial charge in [0.15, 0.2) is 11.5 Å². The first-order valence-electron chi connectivity index (χ1n) is 7.07. The molecule has 0 aliphatic rings. The van der Waals surface area contributed by atoms with Crippen LogP contribution in [0, 0.1) is 0 Å². The number of ether oxygens (including phenoxy) is 1. The molecule has 2 aromatic carbocycles. The van der Waals surface area contributed by atoms with Gasteiger partial charge in [-0.3, -0.25) is 0 Å². The molecule has 0 amide bonds. The first-order chi connectivity index (χ1) is 10.2. The standard InChI is InChI=1S/C17H18N2O2/c1-3-10-19-14-7-5-4-6-13(14)18-17(19)12-8-9-15(20)16(11-12)21-2/h4-9,11,20H,3,10H2,1-2H3. The third kappa shape index (κ3) is 2.33. The van der Waals surface area contributed by atoms with Crippen LogP contribution in [0.1, 0.15) is 13.3 Å². The van der Waals surface area contributed by atoms with Crippen LogP contribution in [0.3, 0.4) is 0 Å². The van der Waals surface area contributed by atoms with Crippen molar-refractivity contribution in [2.75, 3.05) is 7.11 Å². The maximum absolute atomic E-state index is 9.74. The number of hydrogen-bond acceptors (Lipinski definition) is 3. The van der Waals surface area contributed by atoms with E-state index in [-0.39, 0.29) is 5.75 Å². The topological polar surface area (TPSA) is 47.3 Å². The van der Waals surface area contributed by atoms with Gasteiger partial charge in [0, 0.05) is 12.1 Å². The summed E-state index contributed by atoms with van der Waals surface area (Å²) in [5, 5.41) is 9.74. The molecule has 1 heterocycles. The van der Waals surface area contributed by atoms with E-state index < -0.39 is 0 Å². The Hall–Kier alpha value is -2.49. The molecule has 1 N–H and O–H groups in total. The smallest absolute Gasteiger partial charge is 0.161 e. The van der Waals surface area contributed by atoms with Gasteiger partial charge in [-0.15, -0.1) is 0 Å². The summed E-state index contributed by atoms with van der Waals surface area (Å²) in [6, 6.07) is 13.4. The fourth-order valence-electron chi connectivity index (χ4n) is 2.56. The van der Waals surface area contributed by atoms with E-state index in [9.17, 15) is 5.11 Å². The van der Waals surface area contributed by atoms with Crippen LogP contribution in [0.4, 0.5) is 0 Å². The van der Waals surface area contributed by atoms with Gasteiger partial charge in [-0.1, -0.05) is 19.1 Å². The van der Waals surface area contributed by atoms with Crippen LogP contribution >= 0.6 is 0 Å². The zero-order chi connectivity index (χ0) is 14.8. The summed E-state index contributed by atoms with van der Waals surface area (Å²) in [5.74, 6) is 1.50. The van der Waals surface area contributed by atoms with Crippen molar-refractivity contribution in [1.82, 2.24) is 9.55 Å². The lowest BCUT2D eigenvalue weighted by molar-refractivity contribution is 0.373. The maximum atomic E-state index is 9.74. The number of hydrogen-bond donors (Lipinski definition) is 1. The van der Waals surface area contributed by atoms with Crippen molar-refractivity contribution in [3.05, 3.63) is 42.5 Å². The Bertz CT molecular complexity index is 778. The first kappa shape index (κ1) is 13.5. The number of rotatable bonds is 4. The Kier molecular flexibility index (Phi) is 3.52. The van der Waals surface area contributed by atoms with Crippen LogP contribution in [0.25, 0.3) is 22.4 Å². The van der Waals surface area contributed by atoms with E-state index in [4.69, 9.17) is 9.72 Å². The second-order valence-corrected chi connectivity index (χ2v) is 4.96. The molecule has 0 unspecified atom stereocenters. The second kappa shape index (κ2) is 5.48. The molecule has 0 saturated carbocycles. The molecule has 4 nitrogen and oxygen atoms in total. The number of aryl methyl sites for hydroxylation is 1. The number of aromatic hydroxyl groups is 1. The van der Waals surface area contributed by atoms with Crippen LogP contribution in [0.15, 0.2) is 42.5 Å². The van der Waals surface area contributed by atoms with E-state index in [1.165, 1.54) is 0 Å². The Morgan fingerprint density at radius 3 is 2.76 bits per heavy atom. The summed E-state index contributed by atoms with van der Waals surface area (Å²) in [4.78, 5) is 4.73. The van der Waals surface area contributed by atoms with E-state index in [2.05, 4.69) is 17.6 Å². The Labute approximate surface area is 123 Å². The minimum Gasteiger partial charge on any atom is -0.504 e. The number of fused-ring (bicyclic) bond motifs is 1. The zero-order valence-corrected chi connectivity index (χ0v) is 12.2. The van der Waals surface area contributed by atoms with Gasteiger partial charge >= 0.3 is 0 Å². The molecule has 0 fully saturated rings. The average Bonchev–Trinajstić information content (AvgIpc) is 2.87. The summed E-state index contributed by atoms with van der Waals surface area (Å²) in [6.45, 7) is 3.05. The number of methoxy groups -OCH3 is 1. The van der Waals surface area contributed by atoms with Crippen LogP contribution in [0.5, 0.6) is 11.5 Å². The third-order valence-corrected chi connectivity index (χ3v) is 3.54. The van der Waals surface area contributed by atoms with Crippen molar-refractivity contribution >= 4 is 11.0 Å². The molecular formula is C17H18N2O2. The molecule has 1 aromatic heterocycles. The number of aromatic nitrogens is 2. The highest BCUT2D eigenvalue weighted by atomic mass is 16.5. The Balaban J connectivity index is 2.21. The molecule has 21 heavy (non-hydrogen) atoms. The fraction of sp³-hybridized carbons (Fsp3) is 0.235. The Morgan fingerprint density at radius 2 is 2.00 bits per heavy atom. The molecule has 3 aromatic rings. The minimum atomic E-state index is 0.138. The number of phenols is 1. The largest absolute Gasteiger partial charge is 0.504 e. The van der Waals surface area contributed by atoms with Crippen molar-refractivity contribution in [2.24, 2.45) is 0 Å². The third-order valence-electron chi connectivity index (χ3n) is 3.54. The van der Waals surface area contributed by atoms with Crippen LogP contribution in [0.2, 0.25) is 0 Å². The number of benzene rings is 2. The molecule has 0 saturated heterocycles. The molecule has 0 radical (unpaired) electrons. The van der Waals surface area contributed by atoms with Crippen molar-refractivity contribution in [1.29, 1.82) is 0 Å². The van der Waals surface area contributed by atoms with Gasteiger partial charge in [-0.05, 0) is 36.8 Å². The molecule has 3 rings (SSSR count). The van der Waals surface area contributed by atoms with E-state index in [0.717, 1.165) is 35.4 Å². The van der Waals surface area contributed by atoms with E-state index in [1.807, 2.05) is 30.3 Å². The minimum absolute atomic E-state index is 0.138. The van der Waals surface area contributed by atoms with Crippen molar-refractivity contribution in [3.63, 3.8) is 0 Å². The lowest BCUT2D eigenvalue weighted by Crippen LogP contribution is -1.99. The highest BCUT2D eigenvalue weighted by molar-refractivity contribution is 5.81. The normalized spacial score (nSPS) is 11.0. The van der Waals surface area contributed by atoms with Crippen LogP contribution in [-0.2, 0) is 6.54 Å². The summed E-state index contributed by atoms with van der Waals surface area (Å²) in [7, 11) is 1.55. The van der Waals surface area contributed by atoms with Gasteiger partial charge in [0.1, 0.15) is 5.82 Å². The van der Waals surface area contributed by atoms with Gasteiger partial charge in [0.05, 0.1) is 18.1 Å². The fourth-order valence-corrected chi connectivity index (χ4v) is 2.56. The predicted molar refractivity (Wildman–Crippen MR) is 83.7 cm³/mol. The van der Waals surface area contributed by atoms with Crippen molar-refractivity contribution < 1.29 is 9.84 Å². The molecule has 4 heteroatoms. The number of para-hydroxylation sites is 2. The molecule has 0 aliphatic heterocycles. The lowest BCUT2D eigenvalue weighted by atomic mass is 10.2. The summed E-state index contributed by atoms with van der Waals surface area (Å²) in [6.07, 6.45) is 1.03.